The van der Waals surface area contributed by atoms with Crippen LogP contribution in [0.5, 0.6) is 0 Å². The number of carboxylic acid groups (broad SMARTS) is 1. The van der Waals surface area contributed by atoms with E-state index in [1.807, 2.05) is 6.92 Å². The van der Waals surface area contributed by atoms with Crippen molar-refractivity contribution in [3.05, 3.63) is 0 Å². The van der Waals surface area contributed by atoms with Crippen LogP contribution in [0, 0.1) is 17.8 Å². The molecule has 5 unspecified atom stereocenters. The summed E-state index contributed by atoms with van der Waals surface area (Å²) >= 11 is 0. The Hall–Kier alpha value is -1.14. The highest BCUT2D eigenvalue weighted by atomic mass is 16.6. The van der Waals surface area contributed by atoms with Gasteiger partial charge in [-0.25, -0.2) is 4.79 Å². The highest BCUT2D eigenvalue weighted by Crippen LogP contribution is 2.49. The molecule has 2 aliphatic carbocycles. The Morgan fingerprint density at radius 2 is 2.24 bits per heavy atom. The van der Waals surface area contributed by atoms with E-state index in [-0.39, 0.29) is 30.0 Å². The predicted molar refractivity (Wildman–Crippen MR) is 76.9 cm³/mol. The van der Waals surface area contributed by atoms with Crippen LogP contribution in [-0.2, 0) is 9.63 Å². The van der Waals surface area contributed by atoms with E-state index in [1.165, 1.54) is 0 Å². The molecule has 2 fully saturated rings. The highest BCUT2D eigenvalue weighted by molar-refractivity contribution is 5.93. The zero-order valence-electron chi connectivity index (χ0n) is 12.4. The zero-order valence-corrected chi connectivity index (χ0v) is 12.4. The van der Waals surface area contributed by atoms with Crippen LogP contribution >= 0.6 is 0 Å². The number of hydrogen-bond donors (Lipinski definition) is 3. The molecule has 0 spiro atoms. The highest BCUT2D eigenvalue weighted by Gasteiger charge is 2.51. The van der Waals surface area contributed by atoms with Gasteiger partial charge in [-0.15, -0.1) is 0 Å². The molecule has 2 saturated carbocycles. The van der Waals surface area contributed by atoms with Crippen LogP contribution < -0.4 is 0 Å². The normalized spacial score (nSPS) is 34.3. The number of hydrogen-bond acceptors (Lipinski definition) is 5. The van der Waals surface area contributed by atoms with Crippen molar-refractivity contribution in [2.75, 3.05) is 6.61 Å². The minimum absolute atomic E-state index is 0.207. The Morgan fingerprint density at radius 1 is 1.48 bits per heavy atom. The zero-order chi connectivity index (χ0) is 15.4. The van der Waals surface area contributed by atoms with Crippen molar-refractivity contribution in [1.82, 2.24) is 0 Å². The molecule has 0 aromatic rings. The van der Waals surface area contributed by atoms with Gasteiger partial charge in [0.2, 0.25) is 6.61 Å². The lowest BCUT2D eigenvalue weighted by molar-refractivity contribution is -0.142. The number of aliphatic hydroxyl groups excluding tert-OH is 2. The van der Waals surface area contributed by atoms with Crippen molar-refractivity contribution in [2.24, 2.45) is 22.9 Å². The molecule has 6 heteroatoms. The summed E-state index contributed by atoms with van der Waals surface area (Å²) in [7, 11) is 0. The Bertz CT molecular complexity index is 398. The van der Waals surface area contributed by atoms with Gasteiger partial charge in [-0.05, 0) is 43.9 Å². The first kappa shape index (κ1) is 16.2. The summed E-state index contributed by atoms with van der Waals surface area (Å²) in [5.41, 5.74) is 0.872. The number of aliphatic carboxylic acids is 1. The summed E-state index contributed by atoms with van der Waals surface area (Å²) in [6, 6.07) is 0. The average molecular weight is 299 g/mol. The molecule has 0 radical (unpaired) electrons. The maximum Gasteiger partial charge on any atom is 0.344 e. The summed E-state index contributed by atoms with van der Waals surface area (Å²) in [5, 5.41) is 32.4. The first-order chi connectivity index (χ1) is 10.0. The summed E-state index contributed by atoms with van der Waals surface area (Å²) in [5.74, 6) is -0.379. The molecular weight excluding hydrogens is 274 g/mol. The van der Waals surface area contributed by atoms with E-state index in [9.17, 15) is 15.0 Å². The van der Waals surface area contributed by atoms with E-state index in [4.69, 9.17) is 9.94 Å². The van der Waals surface area contributed by atoms with E-state index in [0.717, 1.165) is 37.8 Å². The van der Waals surface area contributed by atoms with Gasteiger partial charge in [-0.2, -0.15) is 0 Å². The summed E-state index contributed by atoms with van der Waals surface area (Å²) in [6.45, 7) is 1.63. The number of aliphatic hydroxyl groups is 2. The third-order valence-electron chi connectivity index (χ3n) is 4.73. The van der Waals surface area contributed by atoms with E-state index in [0.29, 0.717) is 6.42 Å². The maximum absolute atomic E-state index is 10.4. The van der Waals surface area contributed by atoms with Crippen LogP contribution in [0.4, 0.5) is 0 Å². The number of fused-ring (bicyclic) bond motifs is 1. The van der Waals surface area contributed by atoms with Crippen molar-refractivity contribution in [1.29, 1.82) is 0 Å². The van der Waals surface area contributed by atoms with Crippen LogP contribution in [0.15, 0.2) is 5.16 Å². The van der Waals surface area contributed by atoms with E-state index >= 15 is 0 Å². The molecule has 2 rings (SSSR count). The molecule has 21 heavy (non-hydrogen) atoms. The topological polar surface area (TPSA) is 99.4 Å². The largest absolute Gasteiger partial charge is 0.479 e. The number of carbonyl (C=O) groups is 1. The first-order valence-corrected chi connectivity index (χ1v) is 7.79. The molecule has 0 aromatic heterocycles. The second-order valence-electron chi connectivity index (χ2n) is 6.23. The second kappa shape index (κ2) is 7.22. The van der Waals surface area contributed by atoms with Gasteiger partial charge < -0.3 is 20.2 Å². The number of oxime groups is 1. The fourth-order valence-corrected chi connectivity index (χ4v) is 3.55. The molecule has 0 saturated heterocycles. The molecule has 0 aromatic carbocycles. The van der Waals surface area contributed by atoms with Crippen molar-refractivity contribution in [2.45, 2.75) is 57.7 Å². The second-order valence-corrected chi connectivity index (χ2v) is 6.23. The van der Waals surface area contributed by atoms with E-state index in [1.54, 1.807) is 0 Å². The summed E-state index contributed by atoms with van der Waals surface area (Å²) in [4.78, 5) is 15.1. The van der Waals surface area contributed by atoms with Gasteiger partial charge in [0.15, 0.2) is 0 Å². The van der Waals surface area contributed by atoms with Crippen LogP contribution in [0.2, 0.25) is 0 Å². The summed E-state index contributed by atoms with van der Waals surface area (Å²) in [6.07, 6.45) is 4.30. The van der Waals surface area contributed by atoms with Crippen LogP contribution in [0.1, 0.15) is 45.4 Å². The lowest BCUT2D eigenvalue weighted by atomic mass is 9.73. The van der Waals surface area contributed by atoms with Crippen molar-refractivity contribution in [3.8, 4) is 0 Å². The van der Waals surface area contributed by atoms with E-state index in [2.05, 4.69) is 5.16 Å². The third-order valence-corrected chi connectivity index (χ3v) is 4.73. The Balaban J connectivity index is 1.78. The molecule has 2 aliphatic rings. The molecule has 0 aliphatic heterocycles. The SMILES string of the molecule is CCCC(O)CCC1CC2C(=NOCC(=O)O)CC2C1O. The summed E-state index contributed by atoms with van der Waals surface area (Å²) < 4.78 is 0. The lowest BCUT2D eigenvalue weighted by Gasteiger charge is -2.33. The van der Waals surface area contributed by atoms with E-state index < -0.39 is 12.6 Å². The van der Waals surface area contributed by atoms with Crippen molar-refractivity contribution >= 4 is 11.7 Å². The molecule has 120 valence electrons. The van der Waals surface area contributed by atoms with Crippen molar-refractivity contribution in [3.63, 3.8) is 0 Å². The molecule has 0 amide bonds. The van der Waals surface area contributed by atoms with Crippen LogP contribution in [0.25, 0.3) is 0 Å². The van der Waals surface area contributed by atoms with Crippen molar-refractivity contribution < 1.29 is 25.0 Å². The lowest BCUT2D eigenvalue weighted by Crippen LogP contribution is -2.38. The molecule has 5 atom stereocenters. The van der Waals surface area contributed by atoms with Gasteiger partial charge in [0.1, 0.15) is 0 Å². The van der Waals surface area contributed by atoms with Gasteiger partial charge >= 0.3 is 5.97 Å². The molecular formula is C15H25NO5. The van der Waals surface area contributed by atoms with Crippen LogP contribution in [0.3, 0.4) is 0 Å². The van der Waals surface area contributed by atoms with Gasteiger partial charge in [-0.3, -0.25) is 0 Å². The quantitative estimate of drug-likeness (QED) is 0.588. The van der Waals surface area contributed by atoms with Gasteiger partial charge in [0.25, 0.3) is 0 Å². The number of carboxylic acids is 1. The molecule has 0 bridgehead atoms. The average Bonchev–Trinajstić information content (AvgIpc) is 2.64. The fraction of sp³-hybridized carbons (Fsp3) is 0.867. The number of nitrogens with zero attached hydrogens (tertiary/aromatic N) is 1. The van der Waals surface area contributed by atoms with Gasteiger partial charge in [-0.1, -0.05) is 18.5 Å². The molecule has 3 N–H and O–H groups in total. The Kier molecular flexibility index (Phi) is 5.58. The monoisotopic (exact) mass is 299 g/mol. The first-order valence-electron chi connectivity index (χ1n) is 7.79. The maximum atomic E-state index is 10.4. The third kappa shape index (κ3) is 3.95. The smallest absolute Gasteiger partial charge is 0.344 e. The molecule has 0 heterocycles. The predicted octanol–water partition coefficient (Wildman–Crippen LogP) is 1.40. The molecule has 6 nitrogen and oxygen atoms in total. The van der Waals surface area contributed by atoms with Gasteiger partial charge in [0.05, 0.1) is 17.9 Å². The Labute approximate surface area is 124 Å². The van der Waals surface area contributed by atoms with Gasteiger partial charge in [0, 0.05) is 5.92 Å². The minimum Gasteiger partial charge on any atom is -0.479 e. The van der Waals surface area contributed by atoms with Crippen LogP contribution in [-0.4, -0.2) is 45.8 Å². The fourth-order valence-electron chi connectivity index (χ4n) is 3.55. The standard InChI is InChI=1S/C15H25NO5/c1-2-3-10(17)5-4-9-6-11-12(15(9)20)7-13(11)16-21-8-14(18)19/h9-12,15,17,20H,2-8H2,1H3,(H,18,19). The number of rotatable bonds is 8. The Morgan fingerprint density at radius 3 is 2.90 bits per heavy atom. The minimum atomic E-state index is -1.04.